The highest BCUT2D eigenvalue weighted by molar-refractivity contribution is 5.46. The van der Waals surface area contributed by atoms with Crippen molar-refractivity contribution in [2.24, 2.45) is 0 Å². The summed E-state index contributed by atoms with van der Waals surface area (Å²) < 4.78 is 12.0. The Labute approximate surface area is 180 Å². The van der Waals surface area contributed by atoms with Gasteiger partial charge >= 0.3 is 0 Å². The lowest BCUT2D eigenvalue weighted by molar-refractivity contribution is -0.0143. The molecule has 0 saturated heterocycles. The lowest BCUT2D eigenvalue weighted by atomic mass is 9.86. The number of ether oxygens (including phenoxy) is 2. The largest absolute Gasteiger partial charge is 0.489 e. The molecular formula is C26H35NO3. The van der Waals surface area contributed by atoms with Gasteiger partial charge in [0, 0.05) is 18.0 Å². The van der Waals surface area contributed by atoms with E-state index in [-0.39, 0.29) is 0 Å². The van der Waals surface area contributed by atoms with E-state index < -0.39 is 6.10 Å². The number of hydrogen-bond donors (Lipinski definition) is 2. The molecule has 1 fully saturated rings. The van der Waals surface area contributed by atoms with Crippen LogP contribution in [0.1, 0.15) is 67.6 Å². The highest BCUT2D eigenvalue weighted by Crippen LogP contribution is 2.38. The molecule has 2 aromatic rings. The van der Waals surface area contributed by atoms with Crippen LogP contribution in [-0.2, 0) is 11.3 Å². The molecule has 1 heterocycles. The summed E-state index contributed by atoms with van der Waals surface area (Å²) in [6, 6.07) is 16.9. The summed E-state index contributed by atoms with van der Waals surface area (Å²) in [6.07, 6.45) is 8.29. The molecule has 2 aliphatic rings. The zero-order valence-electron chi connectivity index (χ0n) is 17.9. The van der Waals surface area contributed by atoms with Gasteiger partial charge in [-0.15, -0.1) is 0 Å². The highest BCUT2D eigenvalue weighted by atomic mass is 16.5. The van der Waals surface area contributed by atoms with Gasteiger partial charge in [0.15, 0.2) is 0 Å². The zero-order chi connectivity index (χ0) is 20.6. The first-order chi connectivity index (χ1) is 14.8. The normalized spacial score (nSPS) is 20.4. The van der Waals surface area contributed by atoms with Gasteiger partial charge in [-0.3, -0.25) is 0 Å². The maximum Gasteiger partial charge on any atom is 0.123 e. The molecule has 0 aromatic heterocycles. The highest BCUT2D eigenvalue weighted by Gasteiger charge is 2.24. The number of benzene rings is 2. The molecule has 2 N–H and O–H groups in total. The molecule has 0 spiro atoms. The zero-order valence-corrected chi connectivity index (χ0v) is 17.9. The van der Waals surface area contributed by atoms with E-state index in [2.05, 4.69) is 47.8 Å². The maximum atomic E-state index is 10.3. The van der Waals surface area contributed by atoms with Gasteiger partial charge in [-0.25, -0.2) is 0 Å². The first-order valence-corrected chi connectivity index (χ1v) is 11.6. The molecule has 0 amide bonds. The molecule has 2 atom stereocenters. The summed E-state index contributed by atoms with van der Waals surface area (Å²) in [5.74, 6) is 1.28. The molecule has 2 aromatic carbocycles. The second-order valence-corrected chi connectivity index (χ2v) is 8.67. The molecule has 0 radical (unpaired) electrons. The van der Waals surface area contributed by atoms with E-state index in [0.29, 0.717) is 31.8 Å². The van der Waals surface area contributed by atoms with Crippen molar-refractivity contribution in [3.05, 3.63) is 65.2 Å². The summed E-state index contributed by atoms with van der Waals surface area (Å²) in [5.41, 5.74) is 3.86. The minimum atomic E-state index is -0.453. The van der Waals surface area contributed by atoms with Crippen LogP contribution in [-0.4, -0.2) is 37.0 Å². The van der Waals surface area contributed by atoms with Gasteiger partial charge in [0.05, 0.1) is 18.8 Å². The van der Waals surface area contributed by atoms with Gasteiger partial charge < -0.3 is 19.9 Å². The molecule has 1 saturated carbocycles. The maximum absolute atomic E-state index is 10.3. The Morgan fingerprint density at radius 1 is 0.967 bits per heavy atom. The van der Waals surface area contributed by atoms with Crippen LogP contribution in [0.15, 0.2) is 48.5 Å². The summed E-state index contributed by atoms with van der Waals surface area (Å²) in [7, 11) is 0. The van der Waals surface area contributed by atoms with Gasteiger partial charge in [0.2, 0.25) is 0 Å². The summed E-state index contributed by atoms with van der Waals surface area (Å²) >= 11 is 0. The van der Waals surface area contributed by atoms with Crippen LogP contribution >= 0.6 is 0 Å². The van der Waals surface area contributed by atoms with Crippen molar-refractivity contribution in [3.8, 4) is 5.75 Å². The molecule has 1 aliphatic heterocycles. The van der Waals surface area contributed by atoms with E-state index in [1.165, 1.54) is 42.4 Å². The third-order valence-corrected chi connectivity index (χ3v) is 6.42. The molecule has 0 bridgehead atoms. The van der Waals surface area contributed by atoms with Crippen LogP contribution in [0.5, 0.6) is 5.75 Å². The standard InChI is InChI=1S/C26H35NO3/c28-21(19-29-22-10-3-1-2-4-11-22)17-27-16-15-24-23-12-6-5-9-20(23)18-30-26-14-8-7-13-25(24)26/h5-9,12-14,21-22,24,27-28H,1-4,10-11,15-19H2. The lowest BCUT2D eigenvalue weighted by Gasteiger charge is -2.21. The van der Waals surface area contributed by atoms with Crippen LogP contribution < -0.4 is 10.1 Å². The van der Waals surface area contributed by atoms with Crippen LogP contribution in [0.2, 0.25) is 0 Å². The second kappa shape index (κ2) is 10.9. The predicted octanol–water partition coefficient (Wildman–Crippen LogP) is 4.79. The molecular weight excluding hydrogens is 374 g/mol. The van der Waals surface area contributed by atoms with Crippen molar-refractivity contribution in [1.29, 1.82) is 0 Å². The van der Waals surface area contributed by atoms with E-state index in [1.54, 1.807) is 0 Å². The summed E-state index contributed by atoms with van der Waals surface area (Å²) in [4.78, 5) is 0. The van der Waals surface area contributed by atoms with Gasteiger partial charge in [0.1, 0.15) is 12.4 Å². The minimum Gasteiger partial charge on any atom is -0.489 e. The third kappa shape index (κ3) is 5.63. The van der Waals surface area contributed by atoms with Gasteiger partial charge in [-0.05, 0) is 43.0 Å². The average Bonchev–Trinajstić information content (AvgIpc) is 3.13. The smallest absolute Gasteiger partial charge is 0.123 e. The average molecular weight is 410 g/mol. The SMILES string of the molecule is OC(CNCCC1c2ccccc2COc2ccccc21)COC1CCCCCC1. The van der Waals surface area contributed by atoms with Gasteiger partial charge in [-0.1, -0.05) is 68.1 Å². The predicted molar refractivity (Wildman–Crippen MR) is 120 cm³/mol. The Morgan fingerprint density at radius 2 is 1.70 bits per heavy atom. The van der Waals surface area contributed by atoms with Crippen LogP contribution in [0.4, 0.5) is 0 Å². The number of hydrogen-bond acceptors (Lipinski definition) is 4. The molecule has 1 aliphatic carbocycles. The van der Waals surface area contributed by atoms with Crippen molar-refractivity contribution < 1.29 is 14.6 Å². The van der Waals surface area contributed by atoms with Crippen LogP contribution in [0, 0.1) is 0 Å². The van der Waals surface area contributed by atoms with Crippen molar-refractivity contribution in [1.82, 2.24) is 5.32 Å². The van der Waals surface area contributed by atoms with Gasteiger partial charge in [0.25, 0.3) is 0 Å². The quantitative estimate of drug-likeness (QED) is 0.486. The van der Waals surface area contributed by atoms with E-state index >= 15 is 0 Å². The molecule has 4 heteroatoms. The number of fused-ring (bicyclic) bond motifs is 2. The van der Waals surface area contributed by atoms with Crippen molar-refractivity contribution in [2.45, 2.75) is 69.7 Å². The first kappa shape index (κ1) is 21.4. The van der Waals surface area contributed by atoms with Crippen molar-refractivity contribution >= 4 is 0 Å². The molecule has 162 valence electrons. The van der Waals surface area contributed by atoms with Gasteiger partial charge in [-0.2, -0.15) is 0 Å². The van der Waals surface area contributed by atoms with Crippen molar-refractivity contribution in [3.63, 3.8) is 0 Å². The van der Waals surface area contributed by atoms with E-state index in [0.717, 1.165) is 31.6 Å². The molecule has 2 unspecified atom stereocenters. The summed E-state index contributed by atoms with van der Waals surface area (Å²) in [5, 5.41) is 13.8. The first-order valence-electron chi connectivity index (χ1n) is 11.6. The fourth-order valence-electron chi connectivity index (χ4n) is 4.77. The van der Waals surface area contributed by atoms with Crippen molar-refractivity contribution in [2.75, 3.05) is 19.7 Å². The Kier molecular flexibility index (Phi) is 7.79. The Hall–Kier alpha value is -1.88. The lowest BCUT2D eigenvalue weighted by Crippen LogP contribution is -2.33. The molecule has 30 heavy (non-hydrogen) atoms. The molecule has 4 rings (SSSR count). The number of nitrogens with one attached hydrogen (secondary N) is 1. The Balaban J connectivity index is 1.28. The number of rotatable bonds is 8. The number of aliphatic hydroxyl groups is 1. The van der Waals surface area contributed by atoms with E-state index in [4.69, 9.17) is 9.47 Å². The second-order valence-electron chi connectivity index (χ2n) is 8.67. The van der Waals surface area contributed by atoms with E-state index in [9.17, 15) is 5.11 Å². The Bertz CT molecular complexity index is 738. The van der Waals surface area contributed by atoms with Crippen LogP contribution in [0.25, 0.3) is 0 Å². The number of aliphatic hydroxyl groups excluding tert-OH is 1. The third-order valence-electron chi connectivity index (χ3n) is 6.42. The Morgan fingerprint density at radius 3 is 2.53 bits per heavy atom. The molecule has 4 nitrogen and oxygen atoms in total. The summed E-state index contributed by atoms with van der Waals surface area (Å²) in [6.45, 7) is 2.46. The van der Waals surface area contributed by atoms with Crippen LogP contribution in [0.3, 0.4) is 0 Å². The minimum absolute atomic E-state index is 0.298. The van der Waals surface area contributed by atoms with E-state index in [1.807, 2.05) is 6.07 Å². The monoisotopic (exact) mass is 409 g/mol. The fourth-order valence-corrected chi connectivity index (χ4v) is 4.77. The fraction of sp³-hybridized carbons (Fsp3) is 0.538. The number of para-hydroxylation sites is 1. The topological polar surface area (TPSA) is 50.7 Å².